The van der Waals surface area contributed by atoms with Crippen LogP contribution in [-0.4, -0.2) is 54.4 Å². The third-order valence-electron chi connectivity index (χ3n) is 5.89. The van der Waals surface area contributed by atoms with Gasteiger partial charge in [-0.1, -0.05) is 18.2 Å². The molecule has 0 aliphatic carbocycles. The number of hydrogen-bond donors (Lipinski definition) is 1. The number of rotatable bonds is 4. The maximum atomic E-state index is 12.7. The maximum Gasteiger partial charge on any atom is 0.410 e. The van der Waals surface area contributed by atoms with Gasteiger partial charge in [0.05, 0.1) is 11.4 Å². The van der Waals surface area contributed by atoms with Crippen LogP contribution in [0.15, 0.2) is 55.0 Å². The number of aromatic nitrogens is 5. The third-order valence-corrected chi connectivity index (χ3v) is 5.89. The van der Waals surface area contributed by atoms with E-state index in [0.717, 1.165) is 18.4 Å². The van der Waals surface area contributed by atoms with Gasteiger partial charge in [0.1, 0.15) is 29.2 Å². The summed E-state index contributed by atoms with van der Waals surface area (Å²) in [6.07, 6.45) is 4.49. The first-order chi connectivity index (χ1) is 17.3. The number of fused-ring (bicyclic) bond motifs is 1. The van der Waals surface area contributed by atoms with Crippen molar-refractivity contribution in [3.8, 4) is 22.9 Å². The smallest absolute Gasteiger partial charge is 0.410 e. The number of anilines is 1. The number of nitrogens with zero attached hydrogens (tertiary/aromatic N) is 6. The van der Waals surface area contributed by atoms with Crippen LogP contribution in [0.5, 0.6) is 11.6 Å². The van der Waals surface area contributed by atoms with Gasteiger partial charge in [-0.15, -0.1) is 0 Å². The summed E-state index contributed by atoms with van der Waals surface area (Å²) in [7, 11) is 0. The molecule has 186 valence electrons. The number of nitrogens with two attached hydrogens (primary N) is 1. The monoisotopic (exact) mass is 487 g/mol. The summed E-state index contributed by atoms with van der Waals surface area (Å²) in [6.45, 7) is 6.70. The van der Waals surface area contributed by atoms with Crippen LogP contribution in [0, 0.1) is 0 Å². The van der Waals surface area contributed by atoms with E-state index in [0.29, 0.717) is 47.3 Å². The summed E-state index contributed by atoms with van der Waals surface area (Å²) in [5.41, 5.74) is 7.75. The van der Waals surface area contributed by atoms with Crippen LogP contribution in [0.2, 0.25) is 0 Å². The van der Waals surface area contributed by atoms with E-state index in [1.165, 1.54) is 6.33 Å². The molecule has 1 aromatic carbocycles. The Morgan fingerprint density at radius 1 is 1.08 bits per heavy atom. The fourth-order valence-electron chi connectivity index (χ4n) is 4.29. The SMILES string of the molecule is CC(C)(C)OC(=O)N1CCCC(n2nc(-c3ccc(Oc4ccccc4)nc3)c3c(N)ncnc32)C1. The van der Waals surface area contributed by atoms with Crippen LogP contribution < -0.4 is 10.5 Å². The van der Waals surface area contributed by atoms with E-state index in [2.05, 4.69) is 15.0 Å². The molecule has 1 fully saturated rings. The Balaban J connectivity index is 1.45. The molecular weight excluding hydrogens is 458 g/mol. The minimum Gasteiger partial charge on any atom is -0.444 e. The lowest BCUT2D eigenvalue weighted by Gasteiger charge is -2.34. The molecule has 1 aliphatic rings. The molecule has 0 spiro atoms. The van der Waals surface area contributed by atoms with E-state index in [-0.39, 0.29) is 12.1 Å². The Morgan fingerprint density at radius 3 is 2.61 bits per heavy atom. The van der Waals surface area contributed by atoms with Crippen LogP contribution in [0.3, 0.4) is 0 Å². The number of amides is 1. The molecular formula is C26H29N7O3. The number of piperidine rings is 1. The van der Waals surface area contributed by atoms with Gasteiger partial charge < -0.3 is 20.1 Å². The van der Waals surface area contributed by atoms with Gasteiger partial charge in [0.15, 0.2) is 5.65 Å². The first-order valence-electron chi connectivity index (χ1n) is 11.9. The highest BCUT2D eigenvalue weighted by molar-refractivity contribution is 5.98. The second-order valence-electron chi connectivity index (χ2n) is 9.77. The first kappa shape index (κ1) is 23.5. The molecule has 3 aromatic heterocycles. The zero-order chi connectivity index (χ0) is 25.3. The zero-order valence-electron chi connectivity index (χ0n) is 20.6. The molecule has 36 heavy (non-hydrogen) atoms. The minimum absolute atomic E-state index is 0.0783. The Labute approximate surface area is 209 Å². The molecule has 4 heterocycles. The minimum atomic E-state index is -0.555. The van der Waals surface area contributed by atoms with Gasteiger partial charge >= 0.3 is 6.09 Å². The molecule has 10 heteroatoms. The second-order valence-corrected chi connectivity index (χ2v) is 9.77. The normalized spacial score (nSPS) is 16.2. The van der Waals surface area contributed by atoms with E-state index in [4.69, 9.17) is 20.3 Å². The van der Waals surface area contributed by atoms with Crippen LogP contribution in [0.25, 0.3) is 22.3 Å². The molecule has 1 saturated heterocycles. The first-order valence-corrected chi connectivity index (χ1v) is 11.9. The Kier molecular flexibility index (Phi) is 6.17. The summed E-state index contributed by atoms with van der Waals surface area (Å²) in [4.78, 5) is 27.6. The molecule has 0 saturated carbocycles. The molecule has 1 atom stereocenters. The number of carbonyl (C=O) groups is 1. The van der Waals surface area contributed by atoms with E-state index in [9.17, 15) is 4.79 Å². The molecule has 10 nitrogen and oxygen atoms in total. The fraction of sp³-hybridized carbons (Fsp3) is 0.346. The highest BCUT2D eigenvalue weighted by Gasteiger charge is 2.31. The van der Waals surface area contributed by atoms with E-state index in [1.807, 2.05) is 61.9 Å². The van der Waals surface area contributed by atoms with Crippen LogP contribution >= 0.6 is 0 Å². The summed E-state index contributed by atoms with van der Waals surface area (Å²) >= 11 is 0. The Morgan fingerprint density at radius 2 is 1.89 bits per heavy atom. The molecule has 4 aromatic rings. The lowest BCUT2D eigenvalue weighted by molar-refractivity contribution is 0.0169. The van der Waals surface area contributed by atoms with Crippen molar-refractivity contribution in [3.63, 3.8) is 0 Å². The standard InChI is InChI=1S/C26H29N7O3/c1-26(2,3)36-25(34)32-13-7-8-18(15-32)33-24-21(23(27)29-16-30-24)22(31-33)17-11-12-20(28-14-17)35-19-9-5-4-6-10-19/h4-6,9-12,14,16,18H,7-8,13,15H2,1-3H3,(H2,27,29,30). The summed E-state index contributed by atoms with van der Waals surface area (Å²) < 4.78 is 13.3. The number of likely N-dealkylation sites (tertiary alicyclic amines) is 1. The van der Waals surface area contributed by atoms with E-state index >= 15 is 0 Å². The average molecular weight is 488 g/mol. The predicted molar refractivity (Wildman–Crippen MR) is 136 cm³/mol. The number of nitrogen functional groups attached to an aromatic ring is 1. The van der Waals surface area contributed by atoms with Crippen molar-refractivity contribution in [2.45, 2.75) is 45.3 Å². The predicted octanol–water partition coefficient (Wildman–Crippen LogP) is 4.83. The number of pyridine rings is 1. The molecule has 5 rings (SSSR count). The largest absolute Gasteiger partial charge is 0.444 e. The van der Waals surface area contributed by atoms with E-state index in [1.54, 1.807) is 17.2 Å². The van der Waals surface area contributed by atoms with Gasteiger partial charge in [0, 0.05) is 30.9 Å². The summed E-state index contributed by atoms with van der Waals surface area (Å²) in [5.74, 6) is 1.51. The van der Waals surface area contributed by atoms with Crippen molar-refractivity contribution >= 4 is 22.9 Å². The van der Waals surface area contributed by atoms with Crippen molar-refractivity contribution in [2.75, 3.05) is 18.8 Å². The number of ether oxygens (including phenoxy) is 2. The fourth-order valence-corrected chi connectivity index (χ4v) is 4.29. The van der Waals surface area contributed by atoms with Crippen molar-refractivity contribution in [3.05, 3.63) is 55.0 Å². The highest BCUT2D eigenvalue weighted by Crippen LogP contribution is 2.34. The van der Waals surface area contributed by atoms with Crippen molar-refractivity contribution in [1.82, 2.24) is 29.6 Å². The van der Waals surface area contributed by atoms with Crippen LogP contribution in [-0.2, 0) is 4.74 Å². The number of benzene rings is 1. The number of carbonyl (C=O) groups excluding carboxylic acids is 1. The van der Waals surface area contributed by atoms with Crippen LogP contribution in [0.1, 0.15) is 39.7 Å². The zero-order valence-corrected chi connectivity index (χ0v) is 20.6. The number of hydrogen-bond acceptors (Lipinski definition) is 8. The number of para-hydroxylation sites is 1. The molecule has 0 radical (unpaired) electrons. The lowest BCUT2D eigenvalue weighted by atomic mass is 10.1. The molecule has 0 bridgehead atoms. The van der Waals surface area contributed by atoms with Crippen molar-refractivity contribution in [1.29, 1.82) is 0 Å². The second kappa shape index (κ2) is 9.44. The van der Waals surface area contributed by atoms with Gasteiger partial charge in [-0.25, -0.2) is 24.4 Å². The Bertz CT molecular complexity index is 1360. The van der Waals surface area contributed by atoms with E-state index < -0.39 is 5.60 Å². The van der Waals surface area contributed by atoms with Crippen molar-refractivity contribution < 1.29 is 14.3 Å². The lowest BCUT2D eigenvalue weighted by Crippen LogP contribution is -2.43. The topological polar surface area (TPSA) is 121 Å². The van der Waals surface area contributed by atoms with Gasteiger partial charge in [-0.3, -0.25) is 0 Å². The average Bonchev–Trinajstić information content (AvgIpc) is 3.25. The van der Waals surface area contributed by atoms with Gasteiger partial charge in [-0.2, -0.15) is 5.10 Å². The summed E-state index contributed by atoms with van der Waals surface area (Å²) in [6, 6.07) is 13.1. The maximum absolute atomic E-state index is 12.7. The van der Waals surface area contributed by atoms with Crippen LogP contribution in [0.4, 0.5) is 10.6 Å². The molecule has 1 unspecified atom stereocenters. The van der Waals surface area contributed by atoms with Crippen molar-refractivity contribution in [2.24, 2.45) is 0 Å². The molecule has 2 N–H and O–H groups in total. The highest BCUT2D eigenvalue weighted by atomic mass is 16.6. The van der Waals surface area contributed by atoms with Gasteiger partial charge in [0.2, 0.25) is 5.88 Å². The van der Waals surface area contributed by atoms with Gasteiger partial charge in [-0.05, 0) is 51.8 Å². The molecule has 1 amide bonds. The van der Waals surface area contributed by atoms with Gasteiger partial charge in [0.25, 0.3) is 0 Å². The summed E-state index contributed by atoms with van der Waals surface area (Å²) in [5, 5.41) is 5.56. The quantitative estimate of drug-likeness (QED) is 0.434. The Hall–Kier alpha value is -4.21. The third kappa shape index (κ3) is 4.93. The molecule has 1 aliphatic heterocycles.